The van der Waals surface area contributed by atoms with Crippen molar-refractivity contribution in [2.45, 2.75) is 64.7 Å². The lowest BCUT2D eigenvalue weighted by Gasteiger charge is -2.42. The highest BCUT2D eigenvalue weighted by molar-refractivity contribution is 7.07. The lowest BCUT2D eigenvalue weighted by molar-refractivity contribution is 0.328. The molecule has 0 unspecified atom stereocenters. The molecule has 0 fully saturated rings. The summed E-state index contributed by atoms with van der Waals surface area (Å²) in [6.45, 7) is 19.4. The van der Waals surface area contributed by atoms with Crippen LogP contribution in [0.25, 0.3) is 0 Å². The Morgan fingerprint density at radius 2 is 1.14 bits per heavy atom. The molecule has 0 bridgehead atoms. The minimum absolute atomic E-state index is 0.142. The third-order valence-electron chi connectivity index (χ3n) is 6.36. The number of rotatable bonds is 6. The predicted octanol–water partition coefficient (Wildman–Crippen LogP) is 6.17. The summed E-state index contributed by atoms with van der Waals surface area (Å²) in [5.41, 5.74) is 2.52. The van der Waals surface area contributed by atoms with Gasteiger partial charge in [0.2, 0.25) is 0 Å². The quantitative estimate of drug-likeness (QED) is 0.518. The van der Waals surface area contributed by atoms with Gasteiger partial charge in [-0.05, 0) is 33.5 Å². The van der Waals surface area contributed by atoms with Crippen LogP contribution in [0.2, 0.25) is 23.2 Å². The highest BCUT2D eigenvalue weighted by Gasteiger charge is 2.45. The van der Waals surface area contributed by atoms with E-state index in [0.29, 0.717) is 6.61 Å². The summed E-state index contributed by atoms with van der Waals surface area (Å²) >= 11 is 0. The van der Waals surface area contributed by atoms with Gasteiger partial charge in [0.1, 0.15) is 8.07 Å². The van der Waals surface area contributed by atoms with Crippen molar-refractivity contribution in [1.29, 1.82) is 0 Å². The van der Waals surface area contributed by atoms with Crippen molar-refractivity contribution >= 4 is 26.8 Å². The van der Waals surface area contributed by atoms with E-state index in [1.807, 2.05) is 0 Å². The van der Waals surface area contributed by atoms with Gasteiger partial charge < -0.3 is 4.43 Å². The fraction of sp³-hybridized carbons (Fsp3) is 0.440. The second kappa shape index (κ2) is 8.52. The first kappa shape index (κ1) is 22.9. The summed E-state index contributed by atoms with van der Waals surface area (Å²) in [4.78, 5) is 0. The number of hydrogen-bond donors (Lipinski definition) is 0. The maximum absolute atomic E-state index is 6.45. The summed E-state index contributed by atoms with van der Waals surface area (Å²) in [6.07, 6.45) is 2.30. The van der Waals surface area contributed by atoms with Crippen LogP contribution in [0.15, 0.2) is 72.4 Å². The van der Waals surface area contributed by atoms with Crippen LogP contribution in [0.5, 0.6) is 0 Å². The summed E-state index contributed by atoms with van der Waals surface area (Å²) in [7, 11) is -3.88. The molecule has 0 aliphatic heterocycles. The van der Waals surface area contributed by atoms with Crippen molar-refractivity contribution in [3.8, 4) is 0 Å². The Labute approximate surface area is 175 Å². The Morgan fingerprint density at radius 1 is 0.714 bits per heavy atom. The standard InChI is InChI=1S/C25H38OSi2/c1-24(2,3)27(7,8)26-20-15-21-28(25(4,5)6,22-16-11-9-12-17-22)23-18-13-10-14-19-23/h9-19,21H,20H2,1-8H3/b21-15+. The average Bonchev–Trinajstić information content (AvgIpc) is 2.61. The second-order valence-corrected chi connectivity index (χ2v) is 19.7. The largest absolute Gasteiger partial charge is 0.413 e. The first-order valence-corrected chi connectivity index (χ1v) is 15.3. The third kappa shape index (κ3) is 4.76. The number of benzene rings is 2. The highest BCUT2D eigenvalue weighted by atomic mass is 28.4. The van der Waals surface area contributed by atoms with Crippen LogP contribution in [-0.2, 0) is 4.43 Å². The Balaban J connectivity index is 2.48. The smallest absolute Gasteiger partial charge is 0.192 e. The molecule has 28 heavy (non-hydrogen) atoms. The van der Waals surface area contributed by atoms with E-state index in [9.17, 15) is 0 Å². The van der Waals surface area contributed by atoms with E-state index in [2.05, 4.69) is 127 Å². The minimum Gasteiger partial charge on any atom is -0.413 e. The molecule has 0 aliphatic carbocycles. The van der Waals surface area contributed by atoms with Crippen LogP contribution < -0.4 is 10.4 Å². The van der Waals surface area contributed by atoms with Crippen molar-refractivity contribution in [3.05, 3.63) is 72.4 Å². The highest BCUT2D eigenvalue weighted by Crippen LogP contribution is 2.38. The van der Waals surface area contributed by atoms with Crippen molar-refractivity contribution < 1.29 is 4.43 Å². The molecular formula is C25H38OSi2. The molecule has 2 aromatic carbocycles. The van der Waals surface area contributed by atoms with Gasteiger partial charge in [-0.25, -0.2) is 0 Å². The molecule has 0 N–H and O–H groups in total. The van der Waals surface area contributed by atoms with Crippen LogP contribution in [-0.4, -0.2) is 23.0 Å². The maximum atomic E-state index is 6.45. The molecule has 1 nitrogen and oxygen atoms in total. The average molecular weight is 411 g/mol. The fourth-order valence-corrected chi connectivity index (χ4v) is 9.36. The van der Waals surface area contributed by atoms with E-state index >= 15 is 0 Å². The van der Waals surface area contributed by atoms with Gasteiger partial charge in [-0.2, -0.15) is 0 Å². The molecule has 0 aliphatic rings. The molecule has 0 spiro atoms. The molecule has 3 heteroatoms. The first-order chi connectivity index (χ1) is 12.9. The van der Waals surface area contributed by atoms with Gasteiger partial charge in [0.05, 0.1) is 6.61 Å². The molecular weight excluding hydrogens is 372 g/mol. The summed E-state index contributed by atoms with van der Waals surface area (Å²) < 4.78 is 6.45. The van der Waals surface area contributed by atoms with Gasteiger partial charge >= 0.3 is 0 Å². The fourth-order valence-electron chi connectivity index (χ4n) is 3.58. The summed E-state index contributed by atoms with van der Waals surface area (Å²) in [6, 6.07) is 22.1. The van der Waals surface area contributed by atoms with Gasteiger partial charge in [-0.1, -0.05) is 114 Å². The van der Waals surface area contributed by atoms with Crippen molar-refractivity contribution in [2.75, 3.05) is 6.61 Å². The second-order valence-electron chi connectivity index (χ2n) is 10.3. The topological polar surface area (TPSA) is 9.23 Å². The molecule has 0 saturated carbocycles. The van der Waals surface area contributed by atoms with Crippen molar-refractivity contribution in [1.82, 2.24) is 0 Å². The SMILES string of the molecule is CC(C)(C)[Si](C)(C)OC/C=C/[Si](c1ccccc1)(c1ccccc1)C(C)(C)C. The van der Waals surface area contributed by atoms with Crippen LogP contribution in [0, 0.1) is 0 Å². The van der Waals surface area contributed by atoms with E-state index in [0.717, 1.165) is 0 Å². The van der Waals surface area contributed by atoms with Gasteiger partial charge in [0.15, 0.2) is 8.32 Å². The zero-order valence-electron chi connectivity index (χ0n) is 19.0. The lowest BCUT2D eigenvalue weighted by atomic mass is 10.2. The maximum Gasteiger partial charge on any atom is 0.192 e. The Kier molecular flexibility index (Phi) is 6.96. The minimum atomic E-state index is -2.14. The molecule has 0 saturated heterocycles. The zero-order chi connectivity index (χ0) is 21.1. The van der Waals surface area contributed by atoms with Crippen LogP contribution in [0.4, 0.5) is 0 Å². The van der Waals surface area contributed by atoms with Crippen LogP contribution in [0.1, 0.15) is 41.5 Å². The summed E-state index contributed by atoms with van der Waals surface area (Å²) in [5, 5.41) is 3.29. The predicted molar refractivity (Wildman–Crippen MR) is 130 cm³/mol. The molecule has 0 atom stereocenters. The third-order valence-corrected chi connectivity index (χ3v) is 16.4. The van der Waals surface area contributed by atoms with Gasteiger partial charge in [-0.15, -0.1) is 0 Å². The molecule has 0 aromatic heterocycles. The molecule has 152 valence electrons. The van der Waals surface area contributed by atoms with Crippen LogP contribution in [0.3, 0.4) is 0 Å². The Bertz CT molecular complexity index is 726. The van der Waals surface area contributed by atoms with E-state index in [4.69, 9.17) is 4.43 Å². The number of hydrogen-bond acceptors (Lipinski definition) is 1. The Hall–Kier alpha value is -1.43. The summed E-state index contributed by atoms with van der Waals surface area (Å²) in [5.74, 6) is 0. The lowest BCUT2D eigenvalue weighted by Crippen LogP contribution is -2.63. The molecule has 2 rings (SSSR count). The van der Waals surface area contributed by atoms with Gasteiger partial charge in [0.25, 0.3) is 0 Å². The van der Waals surface area contributed by atoms with E-state index in [1.165, 1.54) is 10.4 Å². The monoisotopic (exact) mass is 410 g/mol. The van der Waals surface area contributed by atoms with Gasteiger partial charge in [-0.3, -0.25) is 0 Å². The molecule has 0 heterocycles. The first-order valence-electron chi connectivity index (χ1n) is 10.3. The van der Waals surface area contributed by atoms with Crippen molar-refractivity contribution in [2.24, 2.45) is 0 Å². The van der Waals surface area contributed by atoms with Crippen molar-refractivity contribution in [3.63, 3.8) is 0 Å². The van der Waals surface area contributed by atoms with E-state index in [1.54, 1.807) is 0 Å². The van der Waals surface area contributed by atoms with E-state index < -0.39 is 16.4 Å². The normalized spacial score (nSPS) is 13.9. The molecule has 0 amide bonds. The molecule has 0 radical (unpaired) electrons. The zero-order valence-corrected chi connectivity index (χ0v) is 21.0. The molecule has 2 aromatic rings. The Morgan fingerprint density at radius 3 is 1.50 bits per heavy atom. The van der Waals surface area contributed by atoms with Crippen LogP contribution >= 0.6 is 0 Å². The van der Waals surface area contributed by atoms with Gasteiger partial charge in [0, 0.05) is 0 Å². The van der Waals surface area contributed by atoms with E-state index in [-0.39, 0.29) is 10.1 Å².